The molecular weight excluding hydrogens is 363 g/mol. The van der Waals surface area contributed by atoms with Crippen molar-refractivity contribution in [1.82, 2.24) is 0 Å². The number of para-hydroxylation sites is 2. The van der Waals surface area contributed by atoms with Crippen LogP contribution in [0.1, 0.15) is 5.56 Å². The lowest BCUT2D eigenvalue weighted by Gasteiger charge is -2.17. The van der Waals surface area contributed by atoms with E-state index in [1.54, 1.807) is 48.5 Å². The Morgan fingerprint density at radius 2 is 2.00 bits per heavy atom. The van der Waals surface area contributed by atoms with Crippen LogP contribution in [-0.4, -0.2) is 25.2 Å². The first kappa shape index (κ1) is 17.3. The molecular formula is C18H14Cl2N2O3. The number of carbonyl (C=O) groups excluding carboxylic acids is 2. The zero-order valence-corrected chi connectivity index (χ0v) is 14.6. The molecule has 1 saturated heterocycles. The van der Waals surface area contributed by atoms with E-state index in [-0.39, 0.29) is 5.91 Å². The van der Waals surface area contributed by atoms with Gasteiger partial charge < -0.3 is 10.1 Å². The number of nitrogens with one attached hydrogen (secondary N) is 1. The number of rotatable bonds is 4. The van der Waals surface area contributed by atoms with Gasteiger partial charge in [-0.2, -0.15) is 0 Å². The average Bonchev–Trinajstić information content (AvgIpc) is 3.02. The molecule has 5 nitrogen and oxygen atoms in total. The van der Waals surface area contributed by atoms with Crippen LogP contribution in [0.15, 0.2) is 48.5 Å². The molecule has 2 amide bonds. The molecule has 7 heteroatoms. The second-order valence-electron chi connectivity index (χ2n) is 5.27. The van der Waals surface area contributed by atoms with Gasteiger partial charge in [0, 0.05) is 16.1 Å². The smallest absolute Gasteiger partial charge is 0.414 e. The van der Waals surface area contributed by atoms with Crippen molar-refractivity contribution in [2.75, 3.05) is 23.4 Å². The van der Waals surface area contributed by atoms with Crippen molar-refractivity contribution in [2.24, 2.45) is 0 Å². The minimum absolute atomic E-state index is 0.328. The van der Waals surface area contributed by atoms with Crippen LogP contribution in [0.5, 0.6) is 0 Å². The molecule has 0 saturated carbocycles. The molecule has 0 radical (unpaired) electrons. The summed E-state index contributed by atoms with van der Waals surface area (Å²) in [5.41, 5.74) is 1.75. The van der Waals surface area contributed by atoms with Crippen molar-refractivity contribution in [2.45, 2.75) is 0 Å². The Hall–Kier alpha value is -2.50. The molecule has 0 atom stereocenters. The second-order valence-corrected chi connectivity index (χ2v) is 6.12. The Morgan fingerprint density at radius 1 is 1.20 bits per heavy atom. The van der Waals surface area contributed by atoms with Crippen molar-refractivity contribution >= 4 is 52.7 Å². The largest absolute Gasteiger partial charge is 0.447 e. The highest BCUT2D eigenvalue weighted by Gasteiger charge is 2.25. The van der Waals surface area contributed by atoms with Gasteiger partial charge in [-0.25, -0.2) is 4.79 Å². The Labute approximate surface area is 154 Å². The number of benzene rings is 2. The van der Waals surface area contributed by atoms with Crippen LogP contribution in [0, 0.1) is 0 Å². The van der Waals surface area contributed by atoms with Gasteiger partial charge in [0.2, 0.25) is 5.91 Å². The third-order valence-corrected chi connectivity index (χ3v) is 4.17. The lowest BCUT2D eigenvalue weighted by Crippen LogP contribution is -2.25. The fourth-order valence-corrected chi connectivity index (χ4v) is 2.77. The summed E-state index contributed by atoms with van der Waals surface area (Å²) in [5, 5.41) is 3.79. The highest BCUT2D eigenvalue weighted by Crippen LogP contribution is 2.28. The molecule has 3 rings (SSSR count). The number of halogens is 2. The standard InChI is InChI=1S/C18H14Cl2N2O3/c19-13-6-7-14(20)12(11-13)5-8-17(23)21-15-3-1-2-4-16(15)22-9-10-25-18(22)24/h1-8,11H,9-10H2,(H,21,23)/b8-5+. The van der Waals surface area contributed by atoms with Crippen LogP contribution in [0.3, 0.4) is 0 Å². The molecule has 1 N–H and O–H groups in total. The van der Waals surface area contributed by atoms with E-state index >= 15 is 0 Å². The number of anilines is 2. The van der Waals surface area contributed by atoms with E-state index in [1.165, 1.54) is 11.0 Å². The molecule has 0 unspecified atom stereocenters. The van der Waals surface area contributed by atoms with Gasteiger partial charge in [-0.3, -0.25) is 9.69 Å². The van der Waals surface area contributed by atoms with Crippen LogP contribution in [0.25, 0.3) is 6.08 Å². The lowest BCUT2D eigenvalue weighted by atomic mass is 10.2. The van der Waals surface area contributed by atoms with Crippen molar-refractivity contribution in [3.8, 4) is 0 Å². The van der Waals surface area contributed by atoms with Crippen LogP contribution in [-0.2, 0) is 9.53 Å². The quantitative estimate of drug-likeness (QED) is 0.793. The van der Waals surface area contributed by atoms with Crippen molar-refractivity contribution in [3.05, 3.63) is 64.1 Å². The molecule has 0 aliphatic carbocycles. The number of ether oxygens (including phenoxy) is 1. The zero-order valence-electron chi connectivity index (χ0n) is 13.0. The molecule has 25 heavy (non-hydrogen) atoms. The highest BCUT2D eigenvalue weighted by atomic mass is 35.5. The molecule has 0 spiro atoms. The fraction of sp³-hybridized carbons (Fsp3) is 0.111. The van der Waals surface area contributed by atoms with Gasteiger partial charge in [-0.15, -0.1) is 0 Å². The first-order valence-corrected chi connectivity index (χ1v) is 8.27. The molecule has 1 fully saturated rings. The molecule has 1 heterocycles. The molecule has 0 aromatic heterocycles. The summed E-state index contributed by atoms with van der Waals surface area (Å²) in [7, 11) is 0. The van der Waals surface area contributed by atoms with Gasteiger partial charge in [0.1, 0.15) is 6.61 Å². The highest BCUT2D eigenvalue weighted by molar-refractivity contribution is 6.34. The van der Waals surface area contributed by atoms with E-state index in [0.717, 1.165) is 0 Å². The third-order valence-electron chi connectivity index (χ3n) is 3.59. The molecule has 0 bridgehead atoms. The summed E-state index contributed by atoms with van der Waals surface area (Å²) in [6.07, 6.45) is 2.51. The summed E-state index contributed by atoms with van der Waals surface area (Å²) >= 11 is 12.0. The maximum absolute atomic E-state index is 12.2. The molecule has 1 aliphatic rings. The number of amides is 2. The molecule has 1 aliphatic heterocycles. The second kappa shape index (κ2) is 7.59. The number of cyclic esters (lactones) is 1. The summed E-state index contributed by atoms with van der Waals surface area (Å²) in [5.74, 6) is -0.351. The summed E-state index contributed by atoms with van der Waals surface area (Å²) in [6, 6.07) is 12.0. The van der Waals surface area contributed by atoms with Crippen LogP contribution in [0.4, 0.5) is 16.2 Å². The fourth-order valence-electron chi connectivity index (χ4n) is 2.41. The van der Waals surface area contributed by atoms with Gasteiger partial charge in [0.05, 0.1) is 17.9 Å². The Kier molecular flexibility index (Phi) is 5.26. The normalized spacial score (nSPS) is 14.0. The first-order chi connectivity index (χ1) is 12.0. The topological polar surface area (TPSA) is 58.6 Å². The summed E-state index contributed by atoms with van der Waals surface area (Å²) in [6.45, 7) is 0.772. The van der Waals surface area contributed by atoms with E-state index in [2.05, 4.69) is 5.32 Å². The number of carbonyl (C=O) groups is 2. The monoisotopic (exact) mass is 376 g/mol. The van der Waals surface area contributed by atoms with Crippen LogP contribution in [0.2, 0.25) is 10.0 Å². The molecule has 2 aromatic rings. The Morgan fingerprint density at radius 3 is 2.76 bits per heavy atom. The predicted octanol–water partition coefficient (Wildman–Crippen LogP) is 4.60. The Balaban J connectivity index is 1.76. The predicted molar refractivity (Wildman–Crippen MR) is 99.3 cm³/mol. The number of hydrogen-bond acceptors (Lipinski definition) is 3. The number of hydrogen-bond donors (Lipinski definition) is 1. The summed E-state index contributed by atoms with van der Waals surface area (Å²) in [4.78, 5) is 25.4. The van der Waals surface area contributed by atoms with E-state index in [9.17, 15) is 9.59 Å². The van der Waals surface area contributed by atoms with Crippen molar-refractivity contribution in [1.29, 1.82) is 0 Å². The van der Waals surface area contributed by atoms with Crippen LogP contribution < -0.4 is 10.2 Å². The minimum Gasteiger partial charge on any atom is -0.447 e. The Bertz CT molecular complexity index is 852. The van der Waals surface area contributed by atoms with Gasteiger partial charge in [0.25, 0.3) is 0 Å². The van der Waals surface area contributed by atoms with Gasteiger partial charge in [-0.1, -0.05) is 35.3 Å². The van der Waals surface area contributed by atoms with Gasteiger partial charge in [-0.05, 0) is 42.0 Å². The van der Waals surface area contributed by atoms with Gasteiger partial charge in [0.15, 0.2) is 0 Å². The first-order valence-electron chi connectivity index (χ1n) is 7.52. The maximum Gasteiger partial charge on any atom is 0.414 e. The summed E-state index contributed by atoms with van der Waals surface area (Å²) < 4.78 is 4.94. The van der Waals surface area contributed by atoms with Crippen LogP contribution >= 0.6 is 23.2 Å². The number of nitrogens with zero attached hydrogens (tertiary/aromatic N) is 1. The van der Waals surface area contributed by atoms with E-state index < -0.39 is 6.09 Å². The zero-order chi connectivity index (χ0) is 17.8. The molecule has 128 valence electrons. The van der Waals surface area contributed by atoms with E-state index in [1.807, 2.05) is 0 Å². The SMILES string of the molecule is O=C(/C=C/c1cc(Cl)ccc1Cl)Nc1ccccc1N1CCOC1=O. The third kappa shape index (κ3) is 4.13. The van der Waals surface area contributed by atoms with Crippen molar-refractivity contribution < 1.29 is 14.3 Å². The van der Waals surface area contributed by atoms with Crippen molar-refractivity contribution in [3.63, 3.8) is 0 Å². The average molecular weight is 377 g/mol. The maximum atomic E-state index is 12.2. The molecule has 2 aromatic carbocycles. The van der Waals surface area contributed by atoms with E-state index in [4.69, 9.17) is 27.9 Å². The lowest BCUT2D eigenvalue weighted by molar-refractivity contribution is -0.111. The minimum atomic E-state index is -0.428. The van der Waals surface area contributed by atoms with E-state index in [0.29, 0.717) is 40.1 Å². The van der Waals surface area contributed by atoms with Gasteiger partial charge >= 0.3 is 6.09 Å².